The molecule has 2 aromatic carbocycles. The third kappa shape index (κ3) is 5.04. The number of rotatable bonds is 6. The van der Waals surface area contributed by atoms with E-state index in [0.29, 0.717) is 11.3 Å². The van der Waals surface area contributed by atoms with Gasteiger partial charge in [-0.05, 0) is 48.9 Å². The van der Waals surface area contributed by atoms with Crippen LogP contribution in [0.5, 0.6) is 0 Å². The Kier molecular flexibility index (Phi) is 6.21. The monoisotopic (exact) mass is 382 g/mol. The van der Waals surface area contributed by atoms with Crippen LogP contribution in [-0.4, -0.2) is 38.5 Å². The predicted octanol–water partition coefficient (Wildman–Crippen LogP) is 3.12. The Bertz CT molecular complexity index is 866. The number of nitrogens with zero attached hydrogens (tertiary/aromatic N) is 1. The normalized spacial score (nSPS) is 11.6. The molecule has 0 aliphatic rings. The van der Waals surface area contributed by atoms with Crippen molar-refractivity contribution in [2.24, 2.45) is 0 Å². The first-order chi connectivity index (χ1) is 11.7. The molecule has 1 amide bonds. The maximum absolute atomic E-state index is 12.9. The maximum Gasteiger partial charge on any atom is 0.242 e. The summed E-state index contributed by atoms with van der Waals surface area (Å²) in [6.45, 7) is 1.70. The SMILES string of the molecule is Cc1ccc(NC(=O)CSc2ccc(F)cc2)cc1S(=O)(=O)N(C)C. The number of hydrogen-bond donors (Lipinski definition) is 1. The van der Waals surface area contributed by atoms with Crippen LogP contribution in [0.3, 0.4) is 0 Å². The third-order valence-electron chi connectivity index (χ3n) is 3.41. The van der Waals surface area contributed by atoms with Crippen molar-refractivity contribution in [3.8, 4) is 0 Å². The number of hydrogen-bond acceptors (Lipinski definition) is 4. The first-order valence-corrected chi connectivity index (χ1v) is 9.84. The van der Waals surface area contributed by atoms with Gasteiger partial charge in [0.25, 0.3) is 0 Å². The molecule has 0 atom stereocenters. The molecule has 0 bridgehead atoms. The molecule has 134 valence electrons. The number of sulfonamides is 1. The van der Waals surface area contributed by atoms with Gasteiger partial charge in [-0.2, -0.15) is 0 Å². The van der Waals surface area contributed by atoms with Crippen LogP contribution in [-0.2, 0) is 14.8 Å². The van der Waals surface area contributed by atoms with Gasteiger partial charge in [0.15, 0.2) is 0 Å². The first kappa shape index (κ1) is 19.4. The van der Waals surface area contributed by atoms with Crippen molar-refractivity contribution in [3.63, 3.8) is 0 Å². The lowest BCUT2D eigenvalue weighted by molar-refractivity contribution is -0.113. The minimum Gasteiger partial charge on any atom is -0.325 e. The molecule has 0 heterocycles. The molecule has 0 radical (unpaired) electrons. The summed E-state index contributed by atoms with van der Waals surface area (Å²) >= 11 is 1.27. The summed E-state index contributed by atoms with van der Waals surface area (Å²) in [6.07, 6.45) is 0. The van der Waals surface area contributed by atoms with Gasteiger partial charge < -0.3 is 5.32 Å². The van der Waals surface area contributed by atoms with E-state index in [9.17, 15) is 17.6 Å². The van der Waals surface area contributed by atoms with Gasteiger partial charge in [-0.3, -0.25) is 4.79 Å². The van der Waals surface area contributed by atoms with Crippen molar-refractivity contribution in [3.05, 3.63) is 53.8 Å². The van der Waals surface area contributed by atoms with Crippen LogP contribution < -0.4 is 5.32 Å². The first-order valence-electron chi connectivity index (χ1n) is 7.41. The molecule has 0 spiro atoms. The highest BCUT2D eigenvalue weighted by Gasteiger charge is 2.20. The van der Waals surface area contributed by atoms with Crippen molar-refractivity contribution in [1.82, 2.24) is 4.31 Å². The molecule has 0 saturated heterocycles. The number of carbonyl (C=O) groups is 1. The van der Waals surface area contributed by atoms with Crippen molar-refractivity contribution in [2.45, 2.75) is 16.7 Å². The molecule has 5 nitrogen and oxygen atoms in total. The van der Waals surface area contributed by atoms with E-state index in [4.69, 9.17) is 0 Å². The zero-order chi connectivity index (χ0) is 18.6. The summed E-state index contributed by atoms with van der Waals surface area (Å²) < 4.78 is 38.6. The van der Waals surface area contributed by atoms with Gasteiger partial charge in [-0.25, -0.2) is 17.1 Å². The largest absolute Gasteiger partial charge is 0.325 e. The van der Waals surface area contributed by atoms with Crippen molar-refractivity contribution < 1.29 is 17.6 Å². The van der Waals surface area contributed by atoms with Crippen LogP contribution in [0.2, 0.25) is 0 Å². The van der Waals surface area contributed by atoms with Gasteiger partial charge in [-0.1, -0.05) is 6.07 Å². The van der Waals surface area contributed by atoms with Crippen LogP contribution in [0.1, 0.15) is 5.56 Å². The lowest BCUT2D eigenvalue weighted by Gasteiger charge is -2.15. The Hall–Kier alpha value is -1.90. The fourth-order valence-corrected chi connectivity index (χ4v) is 3.87. The molecular weight excluding hydrogens is 363 g/mol. The van der Waals surface area contributed by atoms with Crippen LogP contribution in [0.15, 0.2) is 52.3 Å². The van der Waals surface area contributed by atoms with E-state index >= 15 is 0 Å². The van der Waals surface area contributed by atoms with E-state index in [2.05, 4.69) is 5.32 Å². The van der Waals surface area contributed by atoms with E-state index in [-0.39, 0.29) is 22.4 Å². The number of carbonyl (C=O) groups excluding carboxylic acids is 1. The summed E-state index contributed by atoms with van der Waals surface area (Å²) in [5, 5.41) is 2.69. The zero-order valence-electron chi connectivity index (χ0n) is 14.1. The van der Waals surface area contributed by atoms with Gasteiger partial charge in [0, 0.05) is 24.7 Å². The minimum atomic E-state index is -3.58. The zero-order valence-corrected chi connectivity index (χ0v) is 15.7. The number of anilines is 1. The Morgan fingerprint density at radius 1 is 1.16 bits per heavy atom. The van der Waals surface area contributed by atoms with Crippen LogP contribution in [0.4, 0.5) is 10.1 Å². The van der Waals surface area contributed by atoms with E-state index < -0.39 is 10.0 Å². The van der Waals surface area contributed by atoms with Gasteiger partial charge in [-0.15, -0.1) is 11.8 Å². The van der Waals surface area contributed by atoms with Crippen molar-refractivity contribution in [2.75, 3.05) is 25.2 Å². The molecule has 0 fully saturated rings. The smallest absolute Gasteiger partial charge is 0.242 e. The van der Waals surface area contributed by atoms with Crippen LogP contribution >= 0.6 is 11.8 Å². The number of thioether (sulfide) groups is 1. The molecule has 1 N–H and O–H groups in total. The molecule has 25 heavy (non-hydrogen) atoms. The second kappa shape index (κ2) is 7.99. The van der Waals surface area contributed by atoms with E-state index in [1.165, 1.54) is 44.1 Å². The lowest BCUT2D eigenvalue weighted by atomic mass is 10.2. The number of amides is 1. The van der Waals surface area contributed by atoms with Crippen molar-refractivity contribution in [1.29, 1.82) is 0 Å². The lowest BCUT2D eigenvalue weighted by Crippen LogP contribution is -2.23. The maximum atomic E-state index is 12.9. The highest BCUT2D eigenvalue weighted by atomic mass is 32.2. The standard InChI is InChI=1S/C17H19FN2O3S2/c1-12-4-7-14(10-16(12)25(22,23)20(2)3)19-17(21)11-24-15-8-5-13(18)6-9-15/h4-10H,11H2,1-3H3,(H,19,21). The molecule has 2 aromatic rings. The number of nitrogens with one attached hydrogen (secondary N) is 1. The summed E-state index contributed by atoms with van der Waals surface area (Å²) in [6, 6.07) is 10.6. The average Bonchev–Trinajstić information content (AvgIpc) is 2.56. The van der Waals surface area contributed by atoms with E-state index in [1.54, 1.807) is 31.2 Å². The number of aryl methyl sites for hydroxylation is 1. The second-order valence-corrected chi connectivity index (χ2v) is 8.73. The summed E-state index contributed by atoms with van der Waals surface area (Å²) in [5.41, 5.74) is 1.02. The molecule has 0 aliphatic heterocycles. The van der Waals surface area contributed by atoms with E-state index in [1.807, 2.05) is 0 Å². The predicted molar refractivity (Wildman–Crippen MR) is 97.8 cm³/mol. The molecule has 2 rings (SSSR count). The Labute approximate surface area is 151 Å². The number of benzene rings is 2. The molecule has 0 aromatic heterocycles. The van der Waals surface area contributed by atoms with Gasteiger partial charge in [0.1, 0.15) is 5.82 Å². The summed E-state index contributed by atoms with van der Waals surface area (Å²) in [7, 11) is -0.668. The highest BCUT2D eigenvalue weighted by Crippen LogP contribution is 2.23. The molecule has 8 heteroatoms. The van der Waals surface area contributed by atoms with Gasteiger partial charge in [0.2, 0.25) is 15.9 Å². The third-order valence-corrected chi connectivity index (χ3v) is 6.38. The molecular formula is C17H19FN2O3S2. The Balaban J connectivity index is 2.07. The highest BCUT2D eigenvalue weighted by molar-refractivity contribution is 8.00. The number of halogens is 1. The Morgan fingerprint density at radius 2 is 1.80 bits per heavy atom. The van der Waals surface area contributed by atoms with E-state index in [0.717, 1.165) is 9.20 Å². The summed E-state index contributed by atoms with van der Waals surface area (Å²) in [5.74, 6) is -0.468. The van der Waals surface area contributed by atoms with Gasteiger partial charge >= 0.3 is 0 Å². The van der Waals surface area contributed by atoms with Crippen molar-refractivity contribution >= 4 is 33.4 Å². The second-order valence-electron chi connectivity index (χ2n) is 5.56. The Morgan fingerprint density at radius 3 is 2.40 bits per heavy atom. The average molecular weight is 382 g/mol. The quantitative estimate of drug-likeness (QED) is 0.780. The molecule has 0 unspecified atom stereocenters. The summed E-state index contributed by atoms with van der Waals surface area (Å²) in [4.78, 5) is 13.0. The molecule has 0 saturated carbocycles. The topological polar surface area (TPSA) is 66.5 Å². The van der Waals surface area contributed by atoms with Crippen LogP contribution in [0.25, 0.3) is 0 Å². The fourth-order valence-electron chi connectivity index (χ4n) is 2.03. The van der Waals surface area contributed by atoms with Crippen LogP contribution in [0, 0.1) is 12.7 Å². The minimum absolute atomic E-state index is 0.134. The van der Waals surface area contributed by atoms with Gasteiger partial charge in [0.05, 0.1) is 10.6 Å². The fraction of sp³-hybridized carbons (Fsp3) is 0.235. The molecule has 0 aliphatic carbocycles.